The molecule has 0 saturated heterocycles. The summed E-state index contributed by atoms with van der Waals surface area (Å²) in [5.41, 5.74) is 8.43. The number of anilines is 1. The average Bonchev–Trinajstić information content (AvgIpc) is 2.64. The van der Waals surface area contributed by atoms with Crippen molar-refractivity contribution >= 4 is 11.5 Å². The molecule has 2 N–H and O–H groups in total. The van der Waals surface area contributed by atoms with Crippen LogP contribution in [0, 0.1) is 0 Å². The van der Waals surface area contributed by atoms with E-state index in [4.69, 9.17) is 10.5 Å². The van der Waals surface area contributed by atoms with Gasteiger partial charge in [0.15, 0.2) is 5.78 Å². The van der Waals surface area contributed by atoms with E-state index in [9.17, 15) is 4.79 Å². The van der Waals surface area contributed by atoms with Crippen molar-refractivity contribution in [1.29, 1.82) is 0 Å². The van der Waals surface area contributed by atoms with Crippen molar-refractivity contribution in [3.63, 3.8) is 0 Å². The molecule has 0 fully saturated rings. The van der Waals surface area contributed by atoms with Gasteiger partial charge in [-0.1, -0.05) is 44.2 Å². The van der Waals surface area contributed by atoms with Crippen molar-refractivity contribution in [3.8, 4) is 5.75 Å². The van der Waals surface area contributed by atoms with Crippen LogP contribution >= 0.6 is 0 Å². The predicted octanol–water partition coefficient (Wildman–Crippen LogP) is 4.15. The number of nitrogens with zero attached hydrogens (tertiary/aromatic N) is 1. The van der Waals surface area contributed by atoms with Gasteiger partial charge < -0.3 is 10.5 Å². The van der Waals surface area contributed by atoms with Crippen LogP contribution in [0.15, 0.2) is 48.5 Å². The summed E-state index contributed by atoms with van der Waals surface area (Å²) in [6.45, 7) is 7.29. The van der Waals surface area contributed by atoms with Crippen LogP contribution in [0.3, 0.4) is 0 Å². The highest BCUT2D eigenvalue weighted by Crippen LogP contribution is 2.23. The number of hydrogen-bond acceptors (Lipinski definition) is 4. The first kappa shape index (κ1) is 19.0. The fraction of sp³-hybridized carbons (Fsp3) is 0.381. The smallest absolute Gasteiger partial charge is 0.164 e. The van der Waals surface area contributed by atoms with Gasteiger partial charge in [-0.2, -0.15) is 0 Å². The summed E-state index contributed by atoms with van der Waals surface area (Å²) in [6, 6.07) is 15.6. The minimum absolute atomic E-state index is 0.111. The van der Waals surface area contributed by atoms with Crippen LogP contribution in [0.1, 0.15) is 42.6 Å². The molecule has 0 aliphatic carbocycles. The SMILES string of the molecule is CCCOc1ccc(C(=O)CCN(CC)Cc2ccccc2)cc1N. The lowest BCUT2D eigenvalue weighted by atomic mass is 10.1. The van der Waals surface area contributed by atoms with Crippen molar-refractivity contribution in [1.82, 2.24) is 4.90 Å². The number of carbonyl (C=O) groups is 1. The maximum absolute atomic E-state index is 12.5. The standard InChI is InChI=1S/C21H28N2O2/c1-3-14-25-21-11-10-18(15-19(21)22)20(24)12-13-23(4-2)16-17-8-6-5-7-9-17/h5-11,15H,3-4,12-14,16,22H2,1-2H3. The average molecular weight is 340 g/mol. The summed E-state index contributed by atoms with van der Waals surface area (Å²) in [4.78, 5) is 14.7. The largest absolute Gasteiger partial charge is 0.491 e. The molecule has 0 bridgehead atoms. The Bertz CT molecular complexity index is 671. The normalized spacial score (nSPS) is 10.8. The van der Waals surface area contributed by atoms with E-state index in [1.807, 2.05) is 25.1 Å². The molecule has 0 amide bonds. The highest BCUT2D eigenvalue weighted by molar-refractivity contribution is 5.97. The third-order valence-electron chi connectivity index (χ3n) is 4.14. The van der Waals surface area contributed by atoms with E-state index in [1.54, 1.807) is 18.2 Å². The second-order valence-corrected chi connectivity index (χ2v) is 6.13. The molecule has 0 aliphatic rings. The van der Waals surface area contributed by atoms with Gasteiger partial charge in [0.1, 0.15) is 5.75 Å². The van der Waals surface area contributed by atoms with Crippen LogP contribution in [0.5, 0.6) is 5.75 Å². The first-order chi connectivity index (χ1) is 12.1. The van der Waals surface area contributed by atoms with Crippen molar-refractivity contribution in [3.05, 3.63) is 59.7 Å². The molecular weight excluding hydrogens is 312 g/mol. The molecule has 2 aromatic carbocycles. The third kappa shape index (κ3) is 5.91. The molecule has 0 heterocycles. The summed E-state index contributed by atoms with van der Waals surface area (Å²) in [5, 5.41) is 0. The summed E-state index contributed by atoms with van der Waals surface area (Å²) in [6.07, 6.45) is 1.41. The van der Waals surface area contributed by atoms with Crippen LogP contribution < -0.4 is 10.5 Å². The van der Waals surface area contributed by atoms with Gasteiger partial charge in [-0.15, -0.1) is 0 Å². The van der Waals surface area contributed by atoms with Gasteiger partial charge in [-0.25, -0.2) is 0 Å². The minimum atomic E-state index is 0.111. The molecule has 0 unspecified atom stereocenters. The fourth-order valence-electron chi connectivity index (χ4n) is 2.66. The molecular formula is C21H28N2O2. The van der Waals surface area contributed by atoms with Gasteiger partial charge in [0.2, 0.25) is 0 Å². The van der Waals surface area contributed by atoms with Gasteiger partial charge >= 0.3 is 0 Å². The zero-order valence-electron chi connectivity index (χ0n) is 15.2. The lowest BCUT2D eigenvalue weighted by Crippen LogP contribution is -2.25. The topological polar surface area (TPSA) is 55.6 Å². The molecule has 4 heteroatoms. The van der Waals surface area contributed by atoms with E-state index in [-0.39, 0.29) is 5.78 Å². The zero-order chi connectivity index (χ0) is 18.1. The number of carbonyl (C=O) groups excluding carboxylic acids is 1. The van der Waals surface area contributed by atoms with Crippen LogP contribution in [0.2, 0.25) is 0 Å². The van der Waals surface area contributed by atoms with E-state index in [0.717, 1.165) is 26.1 Å². The van der Waals surface area contributed by atoms with Gasteiger partial charge in [0.25, 0.3) is 0 Å². The first-order valence-corrected chi connectivity index (χ1v) is 8.95. The second kappa shape index (κ2) is 9.84. The summed E-state index contributed by atoms with van der Waals surface area (Å²) in [7, 11) is 0. The Morgan fingerprint density at radius 3 is 2.52 bits per heavy atom. The Morgan fingerprint density at radius 1 is 1.12 bits per heavy atom. The Hall–Kier alpha value is -2.33. The third-order valence-corrected chi connectivity index (χ3v) is 4.14. The van der Waals surface area contributed by atoms with Crippen LogP contribution in [0.4, 0.5) is 5.69 Å². The molecule has 0 radical (unpaired) electrons. The van der Waals surface area contributed by atoms with Crippen molar-refractivity contribution in [2.75, 3.05) is 25.4 Å². The van der Waals surface area contributed by atoms with E-state index >= 15 is 0 Å². The highest BCUT2D eigenvalue weighted by Gasteiger charge is 2.11. The monoisotopic (exact) mass is 340 g/mol. The zero-order valence-corrected chi connectivity index (χ0v) is 15.2. The summed E-state index contributed by atoms with van der Waals surface area (Å²) >= 11 is 0. The molecule has 4 nitrogen and oxygen atoms in total. The Balaban J connectivity index is 1.91. The molecule has 2 aromatic rings. The second-order valence-electron chi connectivity index (χ2n) is 6.13. The molecule has 0 saturated carbocycles. The molecule has 0 spiro atoms. The van der Waals surface area contributed by atoms with Gasteiger partial charge in [0, 0.05) is 25.1 Å². The van der Waals surface area contributed by atoms with E-state index in [0.29, 0.717) is 30.0 Å². The Labute approximate surface area is 150 Å². The van der Waals surface area contributed by atoms with Crippen molar-refractivity contribution < 1.29 is 9.53 Å². The van der Waals surface area contributed by atoms with Crippen LogP contribution in [0.25, 0.3) is 0 Å². The molecule has 2 rings (SSSR count). The van der Waals surface area contributed by atoms with Crippen molar-refractivity contribution in [2.45, 2.75) is 33.2 Å². The van der Waals surface area contributed by atoms with Crippen LogP contribution in [-0.2, 0) is 6.54 Å². The summed E-state index contributed by atoms with van der Waals surface area (Å²) in [5.74, 6) is 0.762. The summed E-state index contributed by atoms with van der Waals surface area (Å²) < 4.78 is 5.56. The van der Waals surface area contributed by atoms with Gasteiger partial charge in [0.05, 0.1) is 12.3 Å². The van der Waals surface area contributed by atoms with Crippen molar-refractivity contribution in [2.24, 2.45) is 0 Å². The lowest BCUT2D eigenvalue weighted by Gasteiger charge is -2.20. The number of hydrogen-bond donors (Lipinski definition) is 1. The number of rotatable bonds is 10. The maximum Gasteiger partial charge on any atom is 0.164 e. The predicted molar refractivity (Wildman–Crippen MR) is 103 cm³/mol. The first-order valence-electron chi connectivity index (χ1n) is 8.95. The number of Topliss-reactive ketones (excluding diaryl/α,β-unsaturated/α-hetero) is 1. The van der Waals surface area contributed by atoms with Gasteiger partial charge in [-0.3, -0.25) is 9.69 Å². The molecule has 0 aromatic heterocycles. The number of ether oxygens (including phenoxy) is 1. The minimum Gasteiger partial charge on any atom is -0.491 e. The Morgan fingerprint density at radius 2 is 1.88 bits per heavy atom. The molecule has 134 valence electrons. The number of nitrogen functional groups attached to an aromatic ring is 1. The highest BCUT2D eigenvalue weighted by atomic mass is 16.5. The fourth-order valence-corrected chi connectivity index (χ4v) is 2.66. The van der Waals surface area contributed by atoms with Gasteiger partial charge in [-0.05, 0) is 36.7 Å². The molecule has 0 aliphatic heterocycles. The number of nitrogens with two attached hydrogens (primary N) is 1. The lowest BCUT2D eigenvalue weighted by molar-refractivity contribution is 0.0963. The Kier molecular flexibility index (Phi) is 7.48. The molecule has 25 heavy (non-hydrogen) atoms. The number of benzene rings is 2. The van der Waals surface area contributed by atoms with E-state index in [2.05, 4.69) is 24.0 Å². The maximum atomic E-state index is 12.5. The van der Waals surface area contributed by atoms with E-state index in [1.165, 1.54) is 5.56 Å². The van der Waals surface area contributed by atoms with Crippen LogP contribution in [-0.4, -0.2) is 30.4 Å². The number of ketones is 1. The molecule has 0 atom stereocenters. The quantitative estimate of drug-likeness (QED) is 0.521. The van der Waals surface area contributed by atoms with E-state index < -0.39 is 0 Å².